The van der Waals surface area contributed by atoms with E-state index >= 15 is 0 Å². The number of benzene rings is 2. The van der Waals surface area contributed by atoms with E-state index < -0.39 is 12.6 Å². The van der Waals surface area contributed by atoms with Crippen molar-refractivity contribution in [2.75, 3.05) is 6.61 Å². The highest BCUT2D eigenvalue weighted by Gasteiger charge is 2.16. The van der Waals surface area contributed by atoms with Crippen molar-refractivity contribution >= 4 is 28.6 Å². The summed E-state index contributed by atoms with van der Waals surface area (Å²) in [6.07, 6.45) is 3.45. The monoisotopic (exact) mass is 383 g/mol. The van der Waals surface area contributed by atoms with Gasteiger partial charge in [-0.05, 0) is 36.4 Å². The number of rotatable bonds is 5. The van der Waals surface area contributed by atoms with Gasteiger partial charge in [0.1, 0.15) is 17.1 Å². The molecule has 2 heterocycles. The maximum Gasteiger partial charge on any atom is 0.341 e. The van der Waals surface area contributed by atoms with Crippen molar-refractivity contribution in [3.05, 3.63) is 53.8 Å². The fourth-order valence-corrected chi connectivity index (χ4v) is 3.00. The molecule has 136 valence electrons. The maximum atomic E-state index is 10.9. The Morgan fingerprint density at radius 2 is 2.11 bits per heavy atom. The number of aryl methyl sites for hydroxylation is 1. The third-order valence-electron chi connectivity index (χ3n) is 4.05. The van der Waals surface area contributed by atoms with E-state index in [1.165, 1.54) is 0 Å². The van der Waals surface area contributed by atoms with Crippen LogP contribution in [0.5, 0.6) is 5.75 Å². The van der Waals surface area contributed by atoms with E-state index in [4.69, 9.17) is 21.4 Å². The number of carboxylic acid groups (broad SMARTS) is 1. The molecule has 9 heteroatoms. The molecule has 0 aliphatic heterocycles. The first-order chi connectivity index (χ1) is 13.0. The third kappa shape index (κ3) is 3.22. The molecule has 27 heavy (non-hydrogen) atoms. The fraction of sp³-hybridized carbons (Fsp3) is 0.111. The molecule has 4 aromatic rings. The maximum absolute atomic E-state index is 10.9. The van der Waals surface area contributed by atoms with E-state index in [1.54, 1.807) is 35.3 Å². The van der Waals surface area contributed by atoms with Crippen molar-refractivity contribution in [2.24, 2.45) is 7.05 Å². The summed E-state index contributed by atoms with van der Waals surface area (Å²) in [4.78, 5) is 15.3. The molecule has 4 rings (SSSR count). The first-order valence-electron chi connectivity index (χ1n) is 8.00. The van der Waals surface area contributed by atoms with E-state index in [1.807, 2.05) is 29.8 Å². The predicted octanol–water partition coefficient (Wildman–Crippen LogP) is 2.94. The number of hydrogen-bond acceptors (Lipinski definition) is 5. The second kappa shape index (κ2) is 6.73. The molecule has 0 unspecified atom stereocenters. The minimum absolute atomic E-state index is 0.384. The molecule has 0 bridgehead atoms. The summed E-state index contributed by atoms with van der Waals surface area (Å²) in [6.45, 7) is -0.457. The number of halogens is 1. The van der Waals surface area contributed by atoms with Crippen LogP contribution in [-0.4, -0.2) is 42.2 Å². The van der Waals surface area contributed by atoms with Gasteiger partial charge in [0.25, 0.3) is 0 Å². The lowest BCUT2D eigenvalue weighted by atomic mass is 10.1. The molecule has 0 atom stereocenters. The van der Waals surface area contributed by atoms with Gasteiger partial charge in [-0.15, -0.1) is 5.10 Å². The zero-order valence-corrected chi connectivity index (χ0v) is 15.0. The molecule has 0 fully saturated rings. The van der Waals surface area contributed by atoms with Crippen LogP contribution in [-0.2, 0) is 11.8 Å². The van der Waals surface area contributed by atoms with Crippen molar-refractivity contribution in [1.29, 1.82) is 0 Å². The van der Waals surface area contributed by atoms with E-state index in [0.29, 0.717) is 22.2 Å². The minimum atomic E-state index is -1.06. The van der Waals surface area contributed by atoms with Crippen LogP contribution in [0.15, 0.2) is 48.8 Å². The minimum Gasteiger partial charge on any atom is -0.481 e. The third-order valence-corrected chi connectivity index (χ3v) is 4.28. The van der Waals surface area contributed by atoms with Gasteiger partial charge < -0.3 is 9.84 Å². The summed E-state index contributed by atoms with van der Waals surface area (Å²) in [5, 5.41) is 17.5. The molecule has 1 N–H and O–H groups in total. The average molecular weight is 384 g/mol. The quantitative estimate of drug-likeness (QED) is 0.569. The van der Waals surface area contributed by atoms with Crippen LogP contribution in [0, 0.1) is 0 Å². The van der Waals surface area contributed by atoms with E-state index in [2.05, 4.69) is 15.3 Å². The molecule has 2 aromatic carbocycles. The molecule has 8 nitrogen and oxygen atoms in total. The van der Waals surface area contributed by atoms with Crippen LogP contribution in [0.25, 0.3) is 28.1 Å². The standard InChI is InChI=1S/C18H14ClN5O3/c1-23-15-4-3-12(9-14(15)21-22-23)24-7-6-20-18(24)13-8-11(19)2-5-16(13)27-10-17(25)26/h2-9H,10H2,1H3,(H,25,26). The highest BCUT2D eigenvalue weighted by Crippen LogP contribution is 2.33. The summed E-state index contributed by atoms with van der Waals surface area (Å²) in [7, 11) is 1.83. The Labute approximate surface area is 158 Å². The number of carboxylic acids is 1. The smallest absolute Gasteiger partial charge is 0.341 e. The highest BCUT2D eigenvalue weighted by atomic mass is 35.5. The molecular formula is C18H14ClN5O3. The van der Waals surface area contributed by atoms with Crippen LogP contribution in [0.2, 0.25) is 5.02 Å². The number of carbonyl (C=O) groups is 1. The van der Waals surface area contributed by atoms with Gasteiger partial charge >= 0.3 is 5.97 Å². The van der Waals surface area contributed by atoms with Crippen molar-refractivity contribution in [2.45, 2.75) is 0 Å². The zero-order chi connectivity index (χ0) is 19.0. The van der Waals surface area contributed by atoms with E-state index in [9.17, 15) is 4.79 Å². The Morgan fingerprint density at radius 3 is 2.93 bits per heavy atom. The Kier molecular flexibility index (Phi) is 4.25. The van der Waals surface area contributed by atoms with Gasteiger partial charge in [-0.3, -0.25) is 4.57 Å². The summed E-state index contributed by atoms with van der Waals surface area (Å²) < 4.78 is 8.96. The summed E-state index contributed by atoms with van der Waals surface area (Å²) in [5.41, 5.74) is 3.09. The second-order valence-corrected chi connectivity index (χ2v) is 6.27. The normalized spacial score (nSPS) is 11.0. The molecule has 0 aliphatic rings. The van der Waals surface area contributed by atoms with Crippen molar-refractivity contribution in [3.8, 4) is 22.8 Å². The van der Waals surface area contributed by atoms with E-state index in [-0.39, 0.29) is 0 Å². The van der Waals surface area contributed by atoms with Crippen LogP contribution < -0.4 is 4.74 Å². The average Bonchev–Trinajstić information content (AvgIpc) is 3.27. The molecule has 0 amide bonds. The second-order valence-electron chi connectivity index (χ2n) is 5.83. The number of ether oxygens (including phenoxy) is 1. The molecule has 0 saturated carbocycles. The highest BCUT2D eigenvalue weighted by molar-refractivity contribution is 6.30. The van der Waals surface area contributed by atoms with Gasteiger partial charge in [-0.2, -0.15) is 0 Å². The molecular weight excluding hydrogens is 370 g/mol. The van der Waals surface area contributed by atoms with Crippen LogP contribution >= 0.6 is 11.6 Å². The van der Waals surface area contributed by atoms with Crippen molar-refractivity contribution in [1.82, 2.24) is 24.5 Å². The Hall–Kier alpha value is -3.39. The number of fused-ring (bicyclic) bond motifs is 1. The van der Waals surface area contributed by atoms with Crippen molar-refractivity contribution in [3.63, 3.8) is 0 Å². The largest absolute Gasteiger partial charge is 0.481 e. The van der Waals surface area contributed by atoms with Gasteiger partial charge in [-0.1, -0.05) is 16.8 Å². The fourth-order valence-electron chi connectivity index (χ4n) is 2.83. The molecule has 2 aromatic heterocycles. The SMILES string of the molecule is Cn1nnc2cc(-n3ccnc3-c3cc(Cl)ccc3OCC(=O)O)ccc21. The molecule has 0 spiro atoms. The van der Waals surface area contributed by atoms with Gasteiger partial charge in [0, 0.05) is 30.2 Å². The predicted molar refractivity (Wildman–Crippen MR) is 99.2 cm³/mol. The lowest BCUT2D eigenvalue weighted by Gasteiger charge is -2.13. The number of aromatic nitrogens is 5. The lowest BCUT2D eigenvalue weighted by Crippen LogP contribution is -2.10. The Balaban J connectivity index is 1.81. The van der Waals surface area contributed by atoms with E-state index in [0.717, 1.165) is 16.7 Å². The number of nitrogens with zero attached hydrogens (tertiary/aromatic N) is 5. The van der Waals surface area contributed by atoms with Gasteiger partial charge in [0.2, 0.25) is 0 Å². The van der Waals surface area contributed by atoms with Gasteiger partial charge in [0.05, 0.1) is 11.1 Å². The summed E-state index contributed by atoms with van der Waals surface area (Å²) >= 11 is 6.15. The van der Waals surface area contributed by atoms with Gasteiger partial charge in [0.15, 0.2) is 6.61 Å². The topological polar surface area (TPSA) is 95.1 Å². The lowest BCUT2D eigenvalue weighted by molar-refractivity contribution is -0.139. The molecule has 0 aliphatic carbocycles. The number of aliphatic carboxylic acids is 1. The first-order valence-corrected chi connectivity index (χ1v) is 8.38. The molecule has 0 saturated heterocycles. The first kappa shape index (κ1) is 17.0. The number of imidazole rings is 1. The van der Waals surface area contributed by atoms with Crippen LogP contribution in [0.1, 0.15) is 0 Å². The van der Waals surface area contributed by atoms with Gasteiger partial charge in [-0.25, -0.2) is 14.5 Å². The summed E-state index contributed by atoms with van der Waals surface area (Å²) in [6, 6.07) is 10.7. The zero-order valence-electron chi connectivity index (χ0n) is 14.2. The van der Waals surface area contributed by atoms with Crippen LogP contribution in [0.3, 0.4) is 0 Å². The Morgan fingerprint density at radius 1 is 1.26 bits per heavy atom. The Bertz CT molecular complexity index is 1150. The van der Waals surface area contributed by atoms with Crippen molar-refractivity contribution < 1.29 is 14.6 Å². The molecule has 0 radical (unpaired) electrons. The summed E-state index contributed by atoms with van der Waals surface area (Å²) in [5.74, 6) is -0.108. The number of hydrogen-bond donors (Lipinski definition) is 1. The van der Waals surface area contributed by atoms with Crippen LogP contribution in [0.4, 0.5) is 0 Å².